The number of carbonyl (C=O) groups excluding carboxylic acids is 1. The Bertz CT molecular complexity index is 875. The van der Waals surface area contributed by atoms with E-state index in [2.05, 4.69) is 4.99 Å². The maximum Gasteiger partial charge on any atom is 0.393 e. The second kappa shape index (κ2) is 9.58. The van der Waals surface area contributed by atoms with Crippen LogP contribution in [0.5, 0.6) is 0 Å². The summed E-state index contributed by atoms with van der Waals surface area (Å²) in [4.78, 5) is 18.8. The van der Waals surface area contributed by atoms with Crippen molar-refractivity contribution in [3.05, 3.63) is 64.2 Å². The zero-order valence-electron chi connectivity index (χ0n) is 17.0. The fourth-order valence-electron chi connectivity index (χ4n) is 2.61. The van der Waals surface area contributed by atoms with Crippen molar-refractivity contribution in [2.75, 3.05) is 13.6 Å². The van der Waals surface area contributed by atoms with Gasteiger partial charge in [-0.3, -0.25) is 0 Å². The average Bonchev–Trinajstić information content (AvgIpc) is 2.66. The van der Waals surface area contributed by atoms with Gasteiger partial charge in [-0.1, -0.05) is 24.3 Å². The number of esters is 1. The summed E-state index contributed by atoms with van der Waals surface area (Å²) in [6.45, 7) is 6.53. The predicted octanol–water partition coefficient (Wildman–Crippen LogP) is 5.38. The minimum Gasteiger partial charge on any atom is -0.457 e. The Labute approximate surface area is 169 Å². The van der Waals surface area contributed by atoms with Gasteiger partial charge >= 0.3 is 12.1 Å². The second-order valence-electron chi connectivity index (χ2n) is 6.96. The molecule has 29 heavy (non-hydrogen) atoms. The molecule has 0 unspecified atom stereocenters. The molecule has 0 aliphatic rings. The lowest BCUT2D eigenvalue weighted by atomic mass is 10.0. The molecule has 0 amide bonds. The van der Waals surface area contributed by atoms with Crippen LogP contribution in [0.2, 0.25) is 0 Å². The first-order chi connectivity index (χ1) is 13.6. The summed E-state index contributed by atoms with van der Waals surface area (Å²) in [6.07, 6.45) is -3.48. The van der Waals surface area contributed by atoms with E-state index >= 15 is 0 Å². The molecule has 4 nitrogen and oxygen atoms in total. The Morgan fingerprint density at radius 3 is 2.31 bits per heavy atom. The minimum atomic E-state index is -4.24. The molecule has 0 aromatic heterocycles. The highest BCUT2D eigenvalue weighted by Crippen LogP contribution is 2.24. The summed E-state index contributed by atoms with van der Waals surface area (Å²) < 4.78 is 42.6. The quantitative estimate of drug-likeness (QED) is 0.352. The Kier molecular flexibility index (Phi) is 7.42. The van der Waals surface area contributed by atoms with Crippen molar-refractivity contribution in [1.29, 1.82) is 0 Å². The summed E-state index contributed by atoms with van der Waals surface area (Å²) in [6, 6.07) is 9.43. The number of aliphatic imine (C=N–C) groups is 1. The topological polar surface area (TPSA) is 41.9 Å². The number of halogens is 3. The van der Waals surface area contributed by atoms with Gasteiger partial charge < -0.3 is 9.64 Å². The Hall–Kier alpha value is -2.83. The molecule has 0 heterocycles. The molecule has 0 bridgehead atoms. The van der Waals surface area contributed by atoms with Gasteiger partial charge in [0.1, 0.15) is 6.61 Å². The van der Waals surface area contributed by atoms with Crippen LogP contribution in [-0.2, 0) is 17.8 Å². The van der Waals surface area contributed by atoms with Gasteiger partial charge in [-0.15, -0.1) is 0 Å². The van der Waals surface area contributed by atoms with Crippen LogP contribution in [-0.4, -0.2) is 37.0 Å². The van der Waals surface area contributed by atoms with E-state index in [0.717, 1.165) is 23.4 Å². The molecule has 0 radical (unpaired) electrons. The van der Waals surface area contributed by atoms with Gasteiger partial charge in [-0.25, -0.2) is 9.79 Å². The molecule has 2 aromatic rings. The zero-order valence-corrected chi connectivity index (χ0v) is 17.0. The predicted molar refractivity (Wildman–Crippen MR) is 108 cm³/mol. The highest BCUT2D eigenvalue weighted by Gasteiger charge is 2.27. The highest BCUT2D eigenvalue weighted by atomic mass is 19.4. The number of alkyl halides is 3. The number of hydrogen-bond donors (Lipinski definition) is 0. The van der Waals surface area contributed by atoms with Crippen molar-refractivity contribution < 1.29 is 22.7 Å². The first kappa shape index (κ1) is 22.5. The lowest BCUT2D eigenvalue weighted by molar-refractivity contribution is -0.127. The standard InChI is InChI=1S/C22H25F3N2O2/c1-5-27(4)14-26-20-11-15(2)19(10-16(20)3)21(28)29-13-18-8-6-17(7-9-18)12-22(23,24)25/h6-11,14H,5,12-13H2,1-4H3/b26-14+. The summed E-state index contributed by atoms with van der Waals surface area (Å²) in [5.74, 6) is -0.480. The molecule has 7 heteroatoms. The maximum atomic E-state index is 12.5. The molecular formula is C22H25F3N2O2. The molecule has 0 atom stereocenters. The van der Waals surface area contributed by atoms with Crippen molar-refractivity contribution in [1.82, 2.24) is 4.90 Å². The normalized spacial score (nSPS) is 11.7. The van der Waals surface area contributed by atoms with Crippen molar-refractivity contribution >= 4 is 18.0 Å². The van der Waals surface area contributed by atoms with Crippen LogP contribution in [0.3, 0.4) is 0 Å². The van der Waals surface area contributed by atoms with Gasteiger partial charge in [0.05, 0.1) is 24.0 Å². The summed E-state index contributed by atoms with van der Waals surface area (Å²) in [5.41, 5.74) is 3.61. The molecule has 0 N–H and O–H groups in total. The highest BCUT2D eigenvalue weighted by molar-refractivity contribution is 5.92. The largest absolute Gasteiger partial charge is 0.457 e. The van der Waals surface area contributed by atoms with Crippen molar-refractivity contribution in [3.63, 3.8) is 0 Å². The van der Waals surface area contributed by atoms with Crippen LogP contribution in [0.25, 0.3) is 0 Å². The third kappa shape index (κ3) is 6.93. The van der Waals surface area contributed by atoms with E-state index in [-0.39, 0.29) is 12.2 Å². The van der Waals surface area contributed by atoms with Gasteiger partial charge in [0, 0.05) is 13.6 Å². The first-order valence-electron chi connectivity index (χ1n) is 9.26. The van der Waals surface area contributed by atoms with Gasteiger partial charge in [0.15, 0.2) is 0 Å². The van der Waals surface area contributed by atoms with Crippen LogP contribution >= 0.6 is 0 Å². The van der Waals surface area contributed by atoms with E-state index in [1.54, 1.807) is 12.4 Å². The Balaban J connectivity index is 2.03. The minimum absolute atomic E-state index is 0.00911. The summed E-state index contributed by atoms with van der Waals surface area (Å²) in [5, 5.41) is 0. The molecule has 2 rings (SSSR count). The van der Waals surface area contributed by atoms with Crippen LogP contribution in [0, 0.1) is 13.8 Å². The molecule has 0 saturated heterocycles. The SMILES string of the molecule is CCN(C)/C=N/c1cc(C)c(C(=O)OCc2ccc(CC(F)(F)F)cc2)cc1C. The third-order valence-corrected chi connectivity index (χ3v) is 4.45. The number of ether oxygens (including phenoxy) is 1. The number of carbonyl (C=O) groups is 1. The zero-order chi connectivity index (χ0) is 21.6. The Morgan fingerprint density at radius 1 is 1.10 bits per heavy atom. The van der Waals surface area contributed by atoms with Crippen molar-refractivity contribution in [3.8, 4) is 0 Å². The fourth-order valence-corrected chi connectivity index (χ4v) is 2.61. The second-order valence-corrected chi connectivity index (χ2v) is 6.96. The average molecular weight is 406 g/mol. The molecule has 2 aromatic carbocycles. The van der Waals surface area contributed by atoms with E-state index in [9.17, 15) is 18.0 Å². The lowest BCUT2D eigenvalue weighted by Gasteiger charge is -2.12. The van der Waals surface area contributed by atoms with E-state index in [1.165, 1.54) is 24.3 Å². The van der Waals surface area contributed by atoms with Crippen molar-refractivity contribution in [2.24, 2.45) is 4.99 Å². The van der Waals surface area contributed by atoms with Crippen LogP contribution in [0.1, 0.15) is 39.5 Å². The van der Waals surface area contributed by atoms with E-state index < -0.39 is 18.6 Å². The van der Waals surface area contributed by atoms with Crippen LogP contribution < -0.4 is 0 Å². The molecule has 0 spiro atoms. The number of nitrogens with zero attached hydrogens (tertiary/aromatic N) is 2. The van der Waals surface area contributed by atoms with E-state index in [4.69, 9.17) is 4.74 Å². The third-order valence-electron chi connectivity index (χ3n) is 4.45. The van der Waals surface area contributed by atoms with E-state index in [0.29, 0.717) is 11.1 Å². The van der Waals surface area contributed by atoms with Crippen LogP contribution in [0.15, 0.2) is 41.4 Å². The maximum absolute atomic E-state index is 12.5. The number of rotatable bonds is 7. The fraction of sp³-hybridized carbons (Fsp3) is 0.364. The smallest absolute Gasteiger partial charge is 0.393 e. The molecular weight excluding hydrogens is 381 g/mol. The van der Waals surface area contributed by atoms with Gasteiger partial charge in [-0.2, -0.15) is 13.2 Å². The lowest BCUT2D eigenvalue weighted by Crippen LogP contribution is -2.14. The summed E-state index contributed by atoms with van der Waals surface area (Å²) >= 11 is 0. The first-order valence-corrected chi connectivity index (χ1v) is 9.26. The number of aryl methyl sites for hydroxylation is 2. The molecule has 0 aliphatic heterocycles. The van der Waals surface area contributed by atoms with E-state index in [1.807, 2.05) is 38.8 Å². The van der Waals surface area contributed by atoms with Gasteiger partial charge in [0.25, 0.3) is 0 Å². The van der Waals surface area contributed by atoms with Crippen LogP contribution in [0.4, 0.5) is 18.9 Å². The van der Waals surface area contributed by atoms with Gasteiger partial charge in [0.2, 0.25) is 0 Å². The monoisotopic (exact) mass is 406 g/mol. The number of benzene rings is 2. The Morgan fingerprint density at radius 2 is 1.72 bits per heavy atom. The molecule has 156 valence electrons. The van der Waals surface area contributed by atoms with Gasteiger partial charge in [-0.05, 0) is 55.2 Å². The molecule has 0 aliphatic carbocycles. The summed E-state index contributed by atoms with van der Waals surface area (Å²) in [7, 11) is 1.92. The molecule has 0 fully saturated rings. The molecule has 0 saturated carbocycles. The van der Waals surface area contributed by atoms with Crippen molar-refractivity contribution in [2.45, 2.75) is 40.0 Å². The number of hydrogen-bond acceptors (Lipinski definition) is 3.